The summed E-state index contributed by atoms with van der Waals surface area (Å²) in [5, 5.41) is 0.709. The van der Waals surface area contributed by atoms with Crippen molar-refractivity contribution in [2.24, 2.45) is 0 Å². The number of rotatable bonds is 4. The summed E-state index contributed by atoms with van der Waals surface area (Å²) in [6.07, 6.45) is 1.69. The highest BCUT2D eigenvalue weighted by atomic mass is 19.3. The van der Waals surface area contributed by atoms with Gasteiger partial charge in [0.2, 0.25) is 5.88 Å². The van der Waals surface area contributed by atoms with E-state index < -0.39 is 30.5 Å². The van der Waals surface area contributed by atoms with Crippen molar-refractivity contribution in [3.63, 3.8) is 0 Å². The lowest BCUT2D eigenvalue weighted by molar-refractivity contribution is -0.330. The van der Waals surface area contributed by atoms with E-state index in [0.717, 1.165) is 5.69 Å². The second-order valence-corrected chi connectivity index (χ2v) is 8.45. The summed E-state index contributed by atoms with van der Waals surface area (Å²) in [7, 11) is 0. The van der Waals surface area contributed by atoms with Crippen molar-refractivity contribution in [3.05, 3.63) is 42.6 Å². The zero-order valence-electron chi connectivity index (χ0n) is 18.1. The van der Waals surface area contributed by atoms with E-state index >= 15 is 0 Å². The van der Waals surface area contributed by atoms with E-state index in [1.807, 2.05) is 23.8 Å². The Morgan fingerprint density at radius 2 is 1.88 bits per heavy atom. The van der Waals surface area contributed by atoms with Crippen LogP contribution in [0.15, 0.2) is 36.9 Å². The second kappa shape index (κ2) is 8.10. The van der Waals surface area contributed by atoms with Gasteiger partial charge in [0.05, 0.1) is 17.5 Å². The number of fused-ring (bicyclic) bond motifs is 1. The number of carbonyl (C=O) groups is 1. The predicted octanol–water partition coefficient (Wildman–Crippen LogP) is 4.74. The summed E-state index contributed by atoms with van der Waals surface area (Å²) in [4.78, 5) is 26.3. The fourth-order valence-electron chi connectivity index (χ4n) is 4.25. The van der Waals surface area contributed by atoms with E-state index in [1.165, 1.54) is 11.2 Å². The minimum atomic E-state index is -4.33. The molecule has 3 aromatic heterocycles. The van der Waals surface area contributed by atoms with Crippen LogP contribution in [-0.4, -0.2) is 61.6 Å². The van der Waals surface area contributed by atoms with Crippen LogP contribution in [0, 0.1) is 6.92 Å². The Morgan fingerprint density at radius 1 is 1.12 bits per heavy atom. The number of hydrogen-bond acceptors (Lipinski definition) is 6. The summed E-state index contributed by atoms with van der Waals surface area (Å²) >= 11 is 0. The summed E-state index contributed by atoms with van der Waals surface area (Å²) in [6.45, 7) is 2.30. The number of carbonyl (C=O) groups excluding carboxylic acids is 1. The summed E-state index contributed by atoms with van der Waals surface area (Å²) in [5.74, 6) is -7.50. The molecule has 0 spiro atoms. The molecule has 3 aromatic rings. The van der Waals surface area contributed by atoms with Crippen molar-refractivity contribution in [1.82, 2.24) is 24.4 Å². The van der Waals surface area contributed by atoms with Gasteiger partial charge in [-0.1, -0.05) is 0 Å². The van der Waals surface area contributed by atoms with Gasteiger partial charge in [-0.2, -0.15) is 17.6 Å². The normalized spacial score (nSPS) is 21.8. The largest absolute Gasteiger partial charge is 0.439 e. The lowest BCUT2D eigenvalue weighted by Crippen LogP contribution is -2.64. The van der Waals surface area contributed by atoms with E-state index in [4.69, 9.17) is 4.74 Å². The Hall–Kier alpha value is -3.44. The van der Waals surface area contributed by atoms with Crippen LogP contribution in [0.5, 0.6) is 11.6 Å². The Morgan fingerprint density at radius 3 is 2.56 bits per heavy atom. The average Bonchev–Trinajstić information content (AvgIpc) is 3.25. The first kappa shape index (κ1) is 22.4. The first-order valence-corrected chi connectivity index (χ1v) is 10.8. The summed E-state index contributed by atoms with van der Waals surface area (Å²) in [6, 6.07) is 5.39. The van der Waals surface area contributed by atoms with Crippen molar-refractivity contribution in [1.29, 1.82) is 0 Å². The fourth-order valence-corrected chi connectivity index (χ4v) is 4.25. The molecule has 2 fully saturated rings. The van der Waals surface area contributed by atoms with Crippen molar-refractivity contribution in [3.8, 4) is 11.6 Å². The second-order valence-electron chi connectivity index (χ2n) is 8.45. The molecule has 0 radical (unpaired) electrons. The van der Waals surface area contributed by atoms with E-state index in [1.54, 1.807) is 18.3 Å². The Labute approximate surface area is 191 Å². The molecule has 1 saturated heterocycles. The predicted molar refractivity (Wildman–Crippen MR) is 111 cm³/mol. The molecule has 0 bridgehead atoms. The first-order chi connectivity index (χ1) is 16.2. The van der Waals surface area contributed by atoms with Crippen molar-refractivity contribution >= 4 is 17.1 Å². The van der Waals surface area contributed by atoms with Crippen LogP contribution in [-0.2, 0) is 4.74 Å². The molecule has 12 heteroatoms. The van der Waals surface area contributed by atoms with Gasteiger partial charge in [0.1, 0.15) is 12.0 Å². The maximum Gasteiger partial charge on any atom is 0.410 e. The third kappa shape index (κ3) is 3.70. The molecule has 4 heterocycles. The van der Waals surface area contributed by atoms with Crippen LogP contribution in [0.2, 0.25) is 0 Å². The third-order valence-electron chi connectivity index (χ3n) is 6.33. The maximum atomic E-state index is 13.4. The molecule has 180 valence electrons. The number of alkyl halides is 4. The van der Waals surface area contributed by atoms with Crippen LogP contribution in [0.4, 0.5) is 22.4 Å². The van der Waals surface area contributed by atoms with Gasteiger partial charge in [0, 0.05) is 31.5 Å². The molecule has 1 atom stereocenters. The fraction of sp³-hybridized carbons (Fsp3) is 0.455. The molecule has 1 unspecified atom stereocenters. The van der Waals surface area contributed by atoms with Gasteiger partial charge < -0.3 is 18.9 Å². The zero-order valence-corrected chi connectivity index (χ0v) is 18.1. The van der Waals surface area contributed by atoms with Crippen molar-refractivity contribution in [2.75, 3.05) is 13.1 Å². The lowest BCUT2D eigenvalue weighted by atomic mass is 9.85. The number of ether oxygens (including phenoxy) is 2. The number of nitrogens with zero attached hydrogens (tertiary/aromatic N) is 5. The van der Waals surface area contributed by atoms with Gasteiger partial charge >= 0.3 is 17.9 Å². The van der Waals surface area contributed by atoms with E-state index in [2.05, 4.69) is 19.7 Å². The monoisotopic (exact) mass is 479 g/mol. The number of halogens is 4. The number of aryl methyl sites for hydroxylation is 1. The molecule has 5 rings (SSSR count). The van der Waals surface area contributed by atoms with Gasteiger partial charge in [0.15, 0.2) is 11.9 Å². The molecule has 0 aromatic carbocycles. The molecule has 1 amide bonds. The van der Waals surface area contributed by atoms with Crippen LogP contribution in [0.25, 0.3) is 11.0 Å². The molecule has 34 heavy (non-hydrogen) atoms. The standard InChI is InChI=1S/C22H21F4N5O3/c1-13-16(3-2-7-27-13)33-19-15-6-10-31(18(15)28-12-29-19)14-4-8-30(9-5-14)20(32)34-17-11-21(23,24)22(17,25)26/h2-3,6-7,10,12,14,17H,4-5,8-9,11H2,1H3. The molecular formula is C22H21F4N5O3. The van der Waals surface area contributed by atoms with Gasteiger partial charge in [-0.3, -0.25) is 4.98 Å². The zero-order chi connectivity index (χ0) is 24.1. The van der Waals surface area contributed by atoms with Gasteiger partial charge in [-0.15, -0.1) is 0 Å². The number of amides is 1. The molecule has 1 saturated carbocycles. The van der Waals surface area contributed by atoms with Gasteiger partial charge in [0.25, 0.3) is 0 Å². The van der Waals surface area contributed by atoms with Gasteiger partial charge in [-0.05, 0) is 38.0 Å². The minimum absolute atomic E-state index is 0.0149. The van der Waals surface area contributed by atoms with E-state index in [-0.39, 0.29) is 19.1 Å². The maximum absolute atomic E-state index is 13.4. The molecule has 1 aliphatic heterocycles. The number of piperidine rings is 1. The lowest BCUT2D eigenvalue weighted by Gasteiger charge is -2.43. The Balaban J connectivity index is 1.25. The topological polar surface area (TPSA) is 82.4 Å². The third-order valence-corrected chi connectivity index (χ3v) is 6.33. The van der Waals surface area contributed by atoms with E-state index in [9.17, 15) is 22.4 Å². The highest BCUT2D eigenvalue weighted by molar-refractivity contribution is 5.81. The molecule has 0 N–H and O–H groups in total. The summed E-state index contributed by atoms with van der Waals surface area (Å²) in [5.41, 5.74) is 1.38. The highest BCUT2D eigenvalue weighted by Gasteiger charge is 2.74. The number of likely N-dealkylation sites (tertiary alicyclic amines) is 1. The Bertz CT molecular complexity index is 1230. The SMILES string of the molecule is Cc1ncccc1Oc1ncnc2c1ccn2C1CCN(C(=O)OC2CC(F)(F)C2(F)F)CC1. The van der Waals surface area contributed by atoms with Gasteiger partial charge in [-0.25, -0.2) is 14.8 Å². The number of hydrogen-bond donors (Lipinski definition) is 0. The van der Waals surface area contributed by atoms with Crippen LogP contribution >= 0.6 is 0 Å². The van der Waals surface area contributed by atoms with E-state index in [0.29, 0.717) is 35.5 Å². The highest BCUT2D eigenvalue weighted by Crippen LogP contribution is 2.52. The summed E-state index contributed by atoms with van der Waals surface area (Å²) < 4.78 is 65.4. The number of aromatic nitrogens is 4. The molecule has 2 aliphatic rings. The Kier molecular flexibility index (Phi) is 5.33. The molecule has 1 aliphatic carbocycles. The molecular weight excluding hydrogens is 458 g/mol. The first-order valence-electron chi connectivity index (χ1n) is 10.8. The van der Waals surface area contributed by atoms with Crippen LogP contribution < -0.4 is 4.74 Å². The smallest absolute Gasteiger partial charge is 0.410 e. The van der Waals surface area contributed by atoms with Crippen LogP contribution in [0.3, 0.4) is 0 Å². The molecule has 8 nitrogen and oxygen atoms in total. The van der Waals surface area contributed by atoms with Crippen molar-refractivity contribution in [2.45, 2.75) is 50.2 Å². The minimum Gasteiger partial charge on any atom is -0.439 e. The average molecular weight is 479 g/mol. The number of pyridine rings is 1. The van der Waals surface area contributed by atoms with Crippen molar-refractivity contribution < 1.29 is 31.8 Å². The quantitative estimate of drug-likeness (QED) is 0.503. The van der Waals surface area contributed by atoms with Crippen LogP contribution in [0.1, 0.15) is 31.0 Å².